The molecule has 2 aromatic carbocycles. The lowest BCUT2D eigenvalue weighted by Crippen LogP contribution is -2.64. The van der Waals surface area contributed by atoms with E-state index in [2.05, 4.69) is 10.6 Å². The Morgan fingerprint density at radius 1 is 1.06 bits per heavy atom. The Kier molecular flexibility index (Phi) is 7.60. The second kappa shape index (κ2) is 10.4. The van der Waals surface area contributed by atoms with E-state index < -0.39 is 35.6 Å². The highest BCUT2D eigenvalue weighted by molar-refractivity contribution is 6.30. The van der Waals surface area contributed by atoms with Crippen molar-refractivity contribution in [3.63, 3.8) is 0 Å². The average molecular weight is 466 g/mol. The molecule has 32 heavy (non-hydrogen) atoms. The van der Waals surface area contributed by atoms with Gasteiger partial charge in [0.05, 0.1) is 0 Å². The molecule has 1 fully saturated rings. The van der Waals surface area contributed by atoms with Gasteiger partial charge in [0, 0.05) is 48.5 Å². The van der Waals surface area contributed by atoms with Crippen molar-refractivity contribution in [3.05, 3.63) is 64.7 Å². The van der Waals surface area contributed by atoms with E-state index in [0.717, 1.165) is 17.0 Å². The van der Waals surface area contributed by atoms with Gasteiger partial charge in [-0.3, -0.25) is 14.5 Å². The molecule has 1 aliphatic heterocycles. The first-order valence-electron chi connectivity index (χ1n) is 9.88. The fraction of sp³-hybridized carbons (Fsp3) is 0.286. The van der Waals surface area contributed by atoms with Crippen LogP contribution < -0.4 is 16.4 Å². The molecule has 0 bridgehead atoms. The summed E-state index contributed by atoms with van der Waals surface area (Å²) in [6, 6.07) is 8.21. The molecule has 0 aliphatic carbocycles. The fourth-order valence-corrected chi connectivity index (χ4v) is 3.61. The third-order valence-electron chi connectivity index (χ3n) is 4.77. The van der Waals surface area contributed by atoms with Gasteiger partial charge in [0.15, 0.2) is 6.17 Å². The minimum absolute atomic E-state index is 0.110. The predicted octanol–water partition coefficient (Wildman–Crippen LogP) is 2.40. The standard InChI is InChI=1S/C21H22ClF2N5O3/c22-14-3-1-4-17(11-14)27-21(32)29-8-2-7-28(19(29)18(30)26-6-5-25)20(31)13-9-15(23)12-16(24)10-13/h1,3-4,9-12,19H,2,5-8,25H2,(H,26,30)(H,27,32). The third-order valence-corrected chi connectivity index (χ3v) is 5.01. The maximum Gasteiger partial charge on any atom is 0.323 e. The van der Waals surface area contributed by atoms with Crippen molar-refractivity contribution < 1.29 is 23.2 Å². The molecule has 3 rings (SSSR count). The van der Waals surface area contributed by atoms with Crippen molar-refractivity contribution in [2.24, 2.45) is 5.73 Å². The summed E-state index contributed by atoms with van der Waals surface area (Å²) in [4.78, 5) is 41.3. The molecule has 4 amide bonds. The number of nitrogens with zero attached hydrogens (tertiary/aromatic N) is 2. The van der Waals surface area contributed by atoms with Gasteiger partial charge in [-0.1, -0.05) is 17.7 Å². The number of carbonyl (C=O) groups is 3. The van der Waals surface area contributed by atoms with Gasteiger partial charge in [0.25, 0.3) is 11.8 Å². The van der Waals surface area contributed by atoms with E-state index in [-0.39, 0.29) is 31.7 Å². The Balaban J connectivity index is 1.90. The monoisotopic (exact) mass is 465 g/mol. The van der Waals surface area contributed by atoms with Crippen LogP contribution in [0, 0.1) is 11.6 Å². The summed E-state index contributed by atoms with van der Waals surface area (Å²) in [7, 11) is 0. The summed E-state index contributed by atoms with van der Waals surface area (Å²) < 4.78 is 27.3. The van der Waals surface area contributed by atoms with Crippen LogP contribution >= 0.6 is 11.6 Å². The van der Waals surface area contributed by atoms with Crippen LogP contribution in [-0.2, 0) is 4.79 Å². The van der Waals surface area contributed by atoms with Crippen LogP contribution in [0.2, 0.25) is 5.02 Å². The zero-order chi connectivity index (χ0) is 23.3. The van der Waals surface area contributed by atoms with Crippen molar-refractivity contribution in [1.29, 1.82) is 0 Å². The first-order valence-corrected chi connectivity index (χ1v) is 10.3. The number of rotatable bonds is 5. The van der Waals surface area contributed by atoms with Gasteiger partial charge in [-0.25, -0.2) is 13.6 Å². The van der Waals surface area contributed by atoms with Crippen molar-refractivity contribution >= 4 is 35.1 Å². The molecule has 11 heteroatoms. The van der Waals surface area contributed by atoms with E-state index in [9.17, 15) is 23.2 Å². The second-order valence-corrected chi connectivity index (χ2v) is 7.53. The number of halogens is 3. The first kappa shape index (κ1) is 23.4. The van der Waals surface area contributed by atoms with Crippen LogP contribution in [0.4, 0.5) is 19.3 Å². The molecule has 0 saturated carbocycles. The summed E-state index contributed by atoms with van der Waals surface area (Å²) in [5.74, 6) is -3.27. The molecular formula is C21H22ClF2N5O3. The molecular weight excluding hydrogens is 444 g/mol. The van der Waals surface area contributed by atoms with Crippen LogP contribution in [0.3, 0.4) is 0 Å². The minimum Gasteiger partial charge on any atom is -0.351 e. The molecule has 4 N–H and O–H groups in total. The lowest BCUT2D eigenvalue weighted by molar-refractivity contribution is -0.132. The molecule has 0 spiro atoms. The van der Waals surface area contributed by atoms with Crippen LogP contribution in [0.1, 0.15) is 16.8 Å². The van der Waals surface area contributed by atoms with Crippen LogP contribution in [0.25, 0.3) is 0 Å². The number of anilines is 1. The maximum absolute atomic E-state index is 13.7. The van der Waals surface area contributed by atoms with Crippen molar-refractivity contribution in [1.82, 2.24) is 15.1 Å². The normalized spacial score (nSPS) is 15.9. The number of carbonyl (C=O) groups excluding carboxylic acids is 3. The number of nitrogens with two attached hydrogens (primary N) is 1. The number of amides is 4. The number of urea groups is 1. The average Bonchev–Trinajstić information content (AvgIpc) is 2.75. The van der Waals surface area contributed by atoms with Gasteiger partial charge in [-0.15, -0.1) is 0 Å². The number of hydrogen-bond acceptors (Lipinski definition) is 4. The Morgan fingerprint density at radius 3 is 2.41 bits per heavy atom. The highest BCUT2D eigenvalue weighted by Crippen LogP contribution is 2.22. The van der Waals surface area contributed by atoms with Gasteiger partial charge in [0.2, 0.25) is 0 Å². The highest BCUT2D eigenvalue weighted by atomic mass is 35.5. The Labute approximate surface area is 188 Å². The molecule has 1 saturated heterocycles. The first-order chi connectivity index (χ1) is 15.3. The predicted molar refractivity (Wildman–Crippen MR) is 115 cm³/mol. The molecule has 8 nitrogen and oxygen atoms in total. The second-order valence-electron chi connectivity index (χ2n) is 7.10. The third kappa shape index (κ3) is 5.51. The summed E-state index contributed by atoms with van der Waals surface area (Å²) in [5, 5.41) is 5.63. The van der Waals surface area contributed by atoms with E-state index >= 15 is 0 Å². The maximum atomic E-state index is 13.7. The lowest BCUT2D eigenvalue weighted by Gasteiger charge is -2.42. The number of benzene rings is 2. The minimum atomic E-state index is -1.34. The van der Waals surface area contributed by atoms with E-state index in [1.165, 1.54) is 11.0 Å². The van der Waals surface area contributed by atoms with Crippen LogP contribution in [0.15, 0.2) is 42.5 Å². The molecule has 1 unspecified atom stereocenters. The molecule has 0 radical (unpaired) electrons. The molecule has 0 aromatic heterocycles. The fourth-order valence-electron chi connectivity index (χ4n) is 3.42. The van der Waals surface area contributed by atoms with Crippen molar-refractivity contribution in [3.8, 4) is 0 Å². The summed E-state index contributed by atoms with van der Waals surface area (Å²) in [6.45, 7) is 0.555. The largest absolute Gasteiger partial charge is 0.351 e. The van der Waals surface area contributed by atoms with Gasteiger partial charge in [0.1, 0.15) is 11.6 Å². The van der Waals surface area contributed by atoms with Gasteiger partial charge in [-0.2, -0.15) is 0 Å². The topological polar surface area (TPSA) is 108 Å². The van der Waals surface area contributed by atoms with E-state index in [1.54, 1.807) is 18.2 Å². The molecule has 2 aromatic rings. The zero-order valence-electron chi connectivity index (χ0n) is 17.0. The summed E-state index contributed by atoms with van der Waals surface area (Å²) in [5.41, 5.74) is 5.59. The van der Waals surface area contributed by atoms with Crippen molar-refractivity contribution in [2.45, 2.75) is 12.6 Å². The van der Waals surface area contributed by atoms with Gasteiger partial charge in [-0.05, 0) is 36.8 Å². The number of nitrogens with one attached hydrogen (secondary N) is 2. The van der Waals surface area contributed by atoms with Gasteiger partial charge >= 0.3 is 6.03 Å². The van der Waals surface area contributed by atoms with Crippen LogP contribution in [0.5, 0.6) is 0 Å². The SMILES string of the molecule is NCCNC(=O)C1N(C(=O)Nc2cccc(Cl)c2)CCCN1C(=O)c1cc(F)cc(F)c1. The van der Waals surface area contributed by atoms with E-state index in [4.69, 9.17) is 17.3 Å². The molecule has 1 heterocycles. The summed E-state index contributed by atoms with van der Waals surface area (Å²) in [6.07, 6.45) is -0.985. The Hall–Kier alpha value is -3.24. The molecule has 1 atom stereocenters. The molecule has 1 aliphatic rings. The quantitative estimate of drug-likeness (QED) is 0.630. The zero-order valence-corrected chi connectivity index (χ0v) is 17.7. The lowest BCUT2D eigenvalue weighted by atomic mass is 10.1. The Morgan fingerprint density at radius 2 is 1.75 bits per heavy atom. The van der Waals surface area contributed by atoms with Crippen LogP contribution in [-0.4, -0.2) is 60.0 Å². The van der Waals surface area contributed by atoms with Gasteiger partial charge < -0.3 is 21.3 Å². The van der Waals surface area contributed by atoms with E-state index in [1.807, 2.05) is 0 Å². The smallest absolute Gasteiger partial charge is 0.323 e. The Bertz CT molecular complexity index is 1000. The summed E-state index contributed by atoms with van der Waals surface area (Å²) >= 11 is 5.95. The van der Waals surface area contributed by atoms with Crippen molar-refractivity contribution in [2.75, 3.05) is 31.5 Å². The molecule has 170 valence electrons. The highest BCUT2D eigenvalue weighted by Gasteiger charge is 2.40. The number of hydrogen-bond donors (Lipinski definition) is 3. The van der Waals surface area contributed by atoms with E-state index in [0.29, 0.717) is 23.2 Å².